The zero-order chi connectivity index (χ0) is 22.9. The first-order chi connectivity index (χ1) is 15.5. The Labute approximate surface area is 200 Å². The third-order valence-electron chi connectivity index (χ3n) is 4.51. The molecule has 0 spiro atoms. The van der Waals surface area contributed by atoms with Crippen molar-refractivity contribution in [3.05, 3.63) is 64.1 Å². The van der Waals surface area contributed by atoms with E-state index in [-0.39, 0.29) is 24.1 Å². The van der Waals surface area contributed by atoms with Crippen molar-refractivity contribution in [1.29, 1.82) is 0 Å². The van der Waals surface area contributed by atoms with Crippen molar-refractivity contribution in [3.63, 3.8) is 0 Å². The second kappa shape index (κ2) is 11.9. The van der Waals surface area contributed by atoms with Crippen molar-refractivity contribution >= 4 is 46.8 Å². The third-order valence-corrected chi connectivity index (χ3v) is 6.03. The molecule has 3 aromatic rings. The lowest BCUT2D eigenvalue weighted by molar-refractivity contribution is -0.140. The molecule has 1 aromatic heterocycles. The van der Waals surface area contributed by atoms with Gasteiger partial charge in [-0.05, 0) is 30.2 Å². The number of hydrogen-bond donors (Lipinski definition) is 1. The van der Waals surface area contributed by atoms with Gasteiger partial charge in [0.15, 0.2) is 11.0 Å². The summed E-state index contributed by atoms with van der Waals surface area (Å²) in [5.74, 6) is 0.312. The molecule has 168 valence electrons. The number of hydrogen-bond acceptors (Lipinski definition) is 6. The zero-order valence-electron chi connectivity index (χ0n) is 17.4. The molecule has 1 amide bonds. The van der Waals surface area contributed by atoms with Crippen LogP contribution in [-0.4, -0.2) is 46.0 Å². The summed E-state index contributed by atoms with van der Waals surface area (Å²) in [4.78, 5) is 23.4. The Morgan fingerprint density at radius 3 is 2.62 bits per heavy atom. The van der Waals surface area contributed by atoms with Crippen LogP contribution in [-0.2, 0) is 20.9 Å². The van der Waals surface area contributed by atoms with Crippen LogP contribution < -0.4 is 5.32 Å². The van der Waals surface area contributed by atoms with Gasteiger partial charge in [0, 0.05) is 23.6 Å². The normalized spacial score (nSPS) is 10.7. The molecule has 2 aromatic carbocycles. The van der Waals surface area contributed by atoms with E-state index in [2.05, 4.69) is 20.3 Å². The minimum atomic E-state index is -0.295. The van der Waals surface area contributed by atoms with Gasteiger partial charge in [0.05, 0.1) is 24.4 Å². The molecule has 0 saturated heterocycles. The van der Waals surface area contributed by atoms with Crippen LogP contribution in [0.15, 0.2) is 53.7 Å². The summed E-state index contributed by atoms with van der Waals surface area (Å²) in [6.07, 6.45) is 0.785. The quantitative estimate of drug-likeness (QED) is 0.255. The number of carbonyl (C=O) groups is 2. The number of benzene rings is 2. The second-order valence-corrected chi connectivity index (χ2v) is 8.61. The minimum absolute atomic E-state index is 0.153. The SMILES string of the molecule is COC(=O)CCCNC(=O)CSc1nnc(-c2ccc(Cl)cc2Cl)n1Cc1ccccc1. The van der Waals surface area contributed by atoms with E-state index in [1.54, 1.807) is 18.2 Å². The molecule has 0 radical (unpaired) electrons. The van der Waals surface area contributed by atoms with Gasteiger partial charge in [-0.15, -0.1) is 10.2 Å². The van der Waals surface area contributed by atoms with Crippen LogP contribution in [0.25, 0.3) is 11.4 Å². The molecular formula is C22H22Cl2N4O3S. The molecule has 3 rings (SSSR count). The number of nitrogens with zero attached hydrogens (tertiary/aromatic N) is 3. The monoisotopic (exact) mass is 492 g/mol. The number of aromatic nitrogens is 3. The number of methoxy groups -OCH3 is 1. The van der Waals surface area contributed by atoms with Crippen molar-refractivity contribution in [2.45, 2.75) is 24.5 Å². The Morgan fingerprint density at radius 2 is 1.91 bits per heavy atom. The number of nitrogens with one attached hydrogen (secondary N) is 1. The van der Waals surface area contributed by atoms with Crippen LogP contribution in [0.4, 0.5) is 0 Å². The molecule has 0 aliphatic heterocycles. The van der Waals surface area contributed by atoms with E-state index < -0.39 is 0 Å². The predicted molar refractivity (Wildman–Crippen MR) is 126 cm³/mol. The lowest BCUT2D eigenvalue weighted by Crippen LogP contribution is -2.26. The maximum absolute atomic E-state index is 12.2. The van der Waals surface area contributed by atoms with Crippen molar-refractivity contribution in [2.75, 3.05) is 19.4 Å². The molecule has 1 heterocycles. The highest BCUT2D eigenvalue weighted by Crippen LogP contribution is 2.32. The fourth-order valence-electron chi connectivity index (χ4n) is 2.92. The van der Waals surface area contributed by atoms with Crippen LogP contribution in [0, 0.1) is 0 Å². The summed E-state index contributed by atoms with van der Waals surface area (Å²) in [6.45, 7) is 0.919. The van der Waals surface area contributed by atoms with E-state index in [0.717, 1.165) is 5.56 Å². The van der Waals surface area contributed by atoms with Gasteiger partial charge in [0.1, 0.15) is 0 Å². The van der Waals surface area contributed by atoms with Crippen LogP contribution in [0.3, 0.4) is 0 Å². The van der Waals surface area contributed by atoms with Crippen LogP contribution in [0.2, 0.25) is 10.0 Å². The first-order valence-electron chi connectivity index (χ1n) is 9.86. The van der Waals surface area contributed by atoms with Gasteiger partial charge < -0.3 is 10.1 Å². The van der Waals surface area contributed by atoms with Crippen molar-refractivity contribution in [3.8, 4) is 11.4 Å². The number of amides is 1. The highest BCUT2D eigenvalue weighted by atomic mass is 35.5. The Balaban J connectivity index is 1.73. The lowest BCUT2D eigenvalue weighted by atomic mass is 10.2. The fourth-order valence-corrected chi connectivity index (χ4v) is 4.18. The maximum atomic E-state index is 12.2. The molecule has 0 saturated carbocycles. The van der Waals surface area contributed by atoms with E-state index in [4.69, 9.17) is 23.2 Å². The smallest absolute Gasteiger partial charge is 0.305 e. The number of carbonyl (C=O) groups excluding carboxylic acids is 2. The summed E-state index contributed by atoms with van der Waals surface area (Å²) in [5.41, 5.74) is 1.77. The van der Waals surface area contributed by atoms with Crippen LogP contribution in [0.1, 0.15) is 18.4 Å². The summed E-state index contributed by atoms with van der Waals surface area (Å²) in [6, 6.07) is 15.1. The molecule has 0 aliphatic rings. The average molecular weight is 493 g/mol. The molecule has 0 aliphatic carbocycles. The van der Waals surface area contributed by atoms with E-state index in [0.29, 0.717) is 46.1 Å². The lowest BCUT2D eigenvalue weighted by Gasteiger charge is -2.11. The Morgan fingerprint density at radius 1 is 1.12 bits per heavy atom. The van der Waals surface area contributed by atoms with Gasteiger partial charge in [0.2, 0.25) is 5.91 Å². The Hall–Kier alpha value is -2.55. The van der Waals surface area contributed by atoms with Gasteiger partial charge in [0.25, 0.3) is 0 Å². The van der Waals surface area contributed by atoms with Gasteiger partial charge in [-0.1, -0.05) is 65.3 Å². The first kappa shape index (κ1) is 24.1. The molecular weight excluding hydrogens is 471 g/mol. The predicted octanol–water partition coefficient (Wildman–Crippen LogP) is 4.46. The molecule has 7 nitrogen and oxygen atoms in total. The molecule has 10 heteroatoms. The topological polar surface area (TPSA) is 86.1 Å². The van der Waals surface area contributed by atoms with Gasteiger partial charge in [-0.2, -0.15) is 0 Å². The number of thioether (sulfide) groups is 1. The van der Waals surface area contributed by atoms with Crippen LogP contribution >= 0.6 is 35.0 Å². The molecule has 0 bridgehead atoms. The fraction of sp³-hybridized carbons (Fsp3) is 0.273. The van der Waals surface area contributed by atoms with E-state index >= 15 is 0 Å². The number of ether oxygens (including phenoxy) is 1. The highest BCUT2D eigenvalue weighted by Gasteiger charge is 2.18. The highest BCUT2D eigenvalue weighted by molar-refractivity contribution is 7.99. The second-order valence-electron chi connectivity index (χ2n) is 6.82. The zero-order valence-corrected chi connectivity index (χ0v) is 19.7. The number of rotatable bonds is 10. The Bertz CT molecular complexity index is 1080. The van der Waals surface area contributed by atoms with Crippen molar-refractivity contribution in [1.82, 2.24) is 20.1 Å². The van der Waals surface area contributed by atoms with E-state index in [1.165, 1.54) is 18.9 Å². The number of esters is 1. The van der Waals surface area contributed by atoms with Gasteiger partial charge in [-0.3, -0.25) is 14.2 Å². The molecule has 0 atom stereocenters. The van der Waals surface area contributed by atoms with Gasteiger partial charge >= 0.3 is 5.97 Å². The Kier molecular flexibility index (Phi) is 8.96. The van der Waals surface area contributed by atoms with E-state index in [9.17, 15) is 9.59 Å². The summed E-state index contributed by atoms with van der Waals surface area (Å²) in [5, 5.41) is 13.0. The molecule has 0 unspecified atom stereocenters. The number of halogens is 2. The van der Waals surface area contributed by atoms with Gasteiger partial charge in [-0.25, -0.2) is 0 Å². The molecule has 32 heavy (non-hydrogen) atoms. The minimum Gasteiger partial charge on any atom is -0.469 e. The van der Waals surface area contributed by atoms with Crippen molar-refractivity contribution < 1.29 is 14.3 Å². The largest absolute Gasteiger partial charge is 0.469 e. The maximum Gasteiger partial charge on any atom is 0.305 e. The summed E-state index contributed by atoms with van der Waals surface area (Å²) in [7, 11) is 1.34. The summed E-state index contributed by atoms with van der Waals surface area (Å²) < 4.78 is 6.52. The van der Waals surface area contributed by atoms with Crippen molar-refractivity contribution in [2.24, 2.45) is 0 Å². The molecule has 1 N–H and O–H groups in total. The average Bonchev–Trinajstić information content (AvgIpc) is 3.17. The van der Waals surface area contributed by atoms with E-state index in [1.807, 2.05) is 34.9 Å². The third kappa shape index (κ3) is 6.72. The molecule has 0 fully saturated rings. The summed E-state index contributed by atoms with van der Waals surface area (Å²) >= 11 is 13.7. The van der Waals surface area contributed by atoms with Crippen LogP contribution in [0.5, 0.6) is 0 Å². The standard InChI is InChI=1S/C22H22Cl2N4O3S/c1-31-20(30)8-5-11-25-19(29)14-32-22-27-26-21(17-10-9-16(23)12-18(17)24)28(22)13-15-6-3-2-4-7-15/h2-4,6-7,9-10,12H,5,8,11,13-14H2,1H3,(H,25,29). The first-order valence-corrected chi connectivity index (χ1v) is 11.6.